The van der Waals surface area contributed by atoms with Crippen molar-refractivity contribution in [2.75, 3.05) is 20.3 Å². The Labute approximate surface area is 146 Å². The summed E-state index contributed by atoms with van der Waals surface area (Å²) >= 11 is 0. The molecule has 0 aliphatic rings. The van der Waals surface area contributed by atoms with Crippen LogP contribution < -0.4 is 14.2 Å². The summed E-state index contributed by atoms with van der Waals surface area (Å²) < 4.78 is 18.6. The van der Waals surface area contributed by atoms with E-state index in [1.54, 1.807) is 25.3 Å². The van der Waals surface area contributed by atoms with Crippen LogP contribution in [0.25, 0.3) is 5.69 Å². The standard InChI is InChI=1S/C20H19NO4/c1-23-20-14-16(15-22)4-9-19(20)25-13-12-24-18-7-5-17(6-8-18)21-10-2-3-11-21/h2-11,14-15H,12-13H2,1H3. The van der Waals surface area contributed by atoms with Gasteiger partial charge in [-0.2, -0.15) is 0 Å². The number of hydrogen-bond acceptors (Lipinski definition) is 4. The normalized spacial score (nSPS) is 10.3. The van der Waals surface area contributed by atoms with E-state index in [9.17, 15) is 4.79 Å². The molecule has 0 bridgehead atoms. The minimum absolute atomic E-state index is 0.371. The Morgan fingerprint density at radius 2 is 1.64 bits per heavy atom. The summed E-state index contributed by atoms with van der Waals surface area (Å²) in [5.74, 6) is 1.89. The Hall–Kier alpha value is -3.21. The first-order valence-corrected chi connectivity index (χ1v) is 7.92. The molecule has 128 valence electrons. The van der Waals surface area contributed by atoms with Crippen molar-refractivity contribution in [3.05, 3.63) is 72.6 Å². The fourth-order valence-corrected chi connectivity index (χ4v) is 2.41. The van der Waals surface area contributed by atoms with E-state index < -0.39 is 0 Å². The lowest BCUT2D eigenvalue weighted by molar-refractivity contribution is 0.112. The molecule has 1 aromatic heterocycles. The third-order valence-corrected chi connectivity index (χ3v) is 3.67. The number of hydrogen-bond donors (Lipinski definition) is 0. The smallest absolute Gasteiger partial charge is 0.161 e. The highest BCUT2D eigenvalue weighted by Crippen LogP contribution is 2.27. The number of ether oxygens (including phenoxy) is 3. The highest BCUT2D eigenvalue weighted by atomic mass is 16.5. The first-order valence-electron chi connectivity index (χ1n) is 7.92. The molecule has 5 heteroatoms. The summed E-state index contributed by atoms with van der Waals surface area (Å²) in [4.78, 5) is 10.8. The van der Waals surface area contributed by atoms with Crippen LogP contribution in [0.5, 0.6) is 17.2 Å². The summed E-state index contributed by atoms with van der Waals surface area (Å²) in [7, 11) is 1.54. The highest BCUT2D eigenvalue weighted by Gasteiger charge is 2.05. The molecule has 0 spiro atoms. The Morgan fingerprint density at radius 1 is 0.920 bits per heavy atom. The number of nitrogens with zero attached hydrogens (tertiary/aromatic N) is 1. The Morgan fingerprint density at radius 3 is 2.32 bits per heavy atom. The maximum Gasteiger partial charge on any atom is 0.161 e. The minimum Gasteiger partial charge on any atom is -0.493 e. The number of methoxy groups -OCH3 is 1. The number of carbonyl (C=O) groups excluding carboxylic acids is 1. The number of rotatable bonds is 8. The topological polar surface area (TPSA) is 49.7 Å². The fraction of sp³-hybridized carbons (Fsp3) is 0.150. The molecule has 1 heterocycles. The zero-order valence-corrected chi connectivity index (χ0v) is 13.9. The first kappa shape index (κ1) is 16.6. The third kappa shape index (κ3) is 4.20. The molecular weight excluding hydrogens is 318 g/mol. The van der Waals surface area contributed by atoms with Crippen LogP contribution >= 0.6 is 0 Å². The van der Waals surface area contributed by atoms with Gasteiger partial charge in [-0.05, 0) is 54.6 Å². The van der Waals surface area contributed by atoms with Gasteiger partial charge < -0.3 is 18.8 Å². The van der Waals surface area contributed by atoms with E-state index >= 15 is 0 Å². The maximum absolute atomic E-state index is 10.8. The van der Waals surface area contributed by atoms with Crippen molar-refractivity contribution in [1.82, 2.24) is 4.57 Å². The van der Waals surface area contributed by atoms with Crippen molar-refractivity contribution in [2.45, 2.75) is 0 Å². The van der Waals surface area contributed by atoms with Crippen LogP contribution in [0.3, 0.4) is 0 Å². The van der Waals surface area contributed by atoms with Gasteiger partial charge in [0.1, 0.15) is 25.2 Å². The molecule has 0 saturated heterocycles. The molecule has 0 aliphatic heterocycles. The average molecular weight is 337 g/mol. The second-order valence-corrected chi connectivity index (χ2v) is 5.31. The van der Waals surface area contributed by atoms with E-state index in [1.165, 1.54) is 0 Å². The molecule has 0 amide bonds. The second-order valence-electron chi connectivity index (χ2n) is 5.31. The lowest BCUT2D eigenvalue weighted by Crippen LogP contribution is -2.09. The molecule has 3 aromatic rings. The SMILES string of the molecule is COc1cc(C=O)ccc1OCCOc1ccc(-n2cccc2)cc1. The Kier molecular flexibility index (Phi) is 5.36. The molecule has 5 nitrogen and oxygen atoms in total. The van der Waals surface area contributed by atoms with Crippen molar-refractivity contribution in [2.24, 2.45) is 0 Å². The number of benzene rings is 2. The largest absolute Gasteiger partial charge is 0.493 e. The number of aldehydes is 1. The van der Waals surface area contributed by atoms with Gasteiger partial charge >= 0.3 is 0 Å². The average Bonchev–Trinajstić information content (AvgIpc) is 3.20. The van der Waals surface area contributed by atoms with E-state index in [-0.39, 0.29) is 0 Å². The van der Waals surface area contributed by atoms with Gasteiger partial charge in [-0.3, -0.25) is 4.79 Å². The highest BCUT2D eigenvalue weighted by molar-refractivity contribution is 5.76. The quantitative estimate of drug-likeness (QED) is 0.464. The predicted molar refractivity (Wildman–Crippen MR) is 95.1 cm³/mol. The van der Waals surface area contributed by atoms with Crippen LogP contribution in [0.1, 0.15) is 10.4 Å². The van der Waals surface area contributed by atoms with E-state index in [0.29, 0.717) is 30.3 Å². The minimum atomic E-state index is 0.371. The predicted octanol–water partition coefficient (Wildman–Crippen LogP) is 3.76. The summed E-state index contributed by atoms with van der Waals surface area (Å²) in [6.07, 6.45) is 4.76. The van der Waals surface area contributed by atoms with Gasteiger partial charge in [-0.15, -0.1) is 0 Å². The molecule has 2 aromatic carbocycles. The van der Waals surface area contributed by atoms with Gasteiger partial charge in [0.25, 0.3) is 0 Å². The van der Waals surface area contributed by atoms with Crippen LogP contribution in [-0.4, -0.2) is 31.2 Å². The zero-order valence-electron chi connectivity index (χ0n) is 13.9. The van der Waals surface area contributed by atoms with Gasteiger partial charge in [0.2, 0.25) is 0 Å². The van der Waals surface area contributed by atoms with Crippen molar-refractivity contribution in [3.8, 4) is 22.9 Å². The second kappa shape index (κ2) is 8.06. The van der Waals surface area contributed by atoms with E-state index in [2.05, 4.69) is 0 Å². The van der Waals surface area contributed by atoms with E-state index in [4.69, 9.17) is 14.2 Å². The molecule has 0 radical (unpaired) electrons. The van der Waals surface area contributed by atoms with Crippen LogP contribution in [0.15, 0.2) is 67.0 Å². The van der Waals surface area contributed by atoms with Gasteiger partial charge in [0, 0.05) is 23.6 Å². The third-order valence-electron chi connectivity index (χ3n) is 3.67. The van der Waals surface area contributed by atoms with Crippen molar-refractivity contribution in [1.29, 1.82) is 0 Å². The summed E-state index contributed by atoms with van der Waals surface area (Å²) in [6, 6.07) is 16.9. The van der Waals surface area contributed by atoms with Crippen molar-refractivity contribution >= 4 is 6.29 Å². The van der Waals surface area contributed by atoms with Crippen LogP contribution in [0, 0.1) is 0 Å². The van der Waals surface area contributed by atoms with E-state index in [0.717, 1.165) is 17.7 Å². The monoisotopic (exact) mass is 337 g/mol. The number of aromatic nitrogens is 1. The summed E-state index contributed by atoms with van der Waals surface area (Å²) in [5, 5.41) is 0. The van der Waals surface area contributed by atoms with E-state index in [1.807, 2.05) is 53.4 Å². The lowest BCUT2D eigenvalue weighted by atomic mass is 10.2. The molecule has 0 atom stereocenters. The molecular formula is C20H19NO4. The summed E-state index contributed by atoms with van der Waals surface area (Å²) in [6.45, 7) is 0.775. The molecule has 25 heavy (non-hydrogen) atoms. The molecule has 0 saturated carbocycles. The van der Waals surface area contributed by atoms with Crippen molar-refractivity contribution in [3.63, 3.8) is 0 Å². The number of carbonyl (C=O) groups is 1. The fourth-order valence-electron chi connectivity index (χ4n) is 2.41. The van der Waals surface area contributed by atoms with Gasteiger partial charge in [-0.25, -0.2) is 0 Å². The Bertz CT molecular complexity index is 810. The molecule has 0 fully saturated rings. The maximum atomic E-state index is 10.8. The molecule has 3 rings (SSSR count). The zero-order chi connectivity index (χ0) is 17.5. The summed E-state index contributed by atoms with van der Waals surface area (Å²) in [5.41, 5.74) is 1.62. The first-order chi connectivity index (χ1) is 12.3. The molecule has 0 unspecified atom stereocenters. The lowest BCUT2D eigenvalue weighted by Gasteiger charge is -2.12. The molecule has 0 aliphatic carbocycles. The van der Waals surface area contributed by atoms with Crippen LogP contribution in [0.2, 0.25) is 0 Å². The van der Waals surface area contributed by atoms with Crippen LogP contribution in [0.4, 0.5) is 0 Å². The van der Waals surface area contributed by atoms with Crippen molar-refractivity contribution < 1.29 is 19.0 Å². The van der Waals surface area contributed by atoms with Crippen LogP contribution in [-0.2, 0) is 0 Å². The van der Waals surface area contributed by atoms with Gasteiger partial charge in [-0.1, -0.05) is 0 Å². The Balaban J connectivity index is 1.51. The molecule has 0 N–H and O–H groups in total. The van der Waals surface area contributed by atoms with Gasteiger partial charge in [0.05, 0.1) is 7.11 Å². The van der Waals surface area contributed by atoms with Gasteiger partial charge in [0.15, 0.2) is 11.5 Å².